The average Bonchev–Trinajstić information content (AvgIpc) is 2.57. The normalized spacial score (nSPS) is 15.5. The van der Waals surface area contributed by atoms with Crippen LogP contribution in [-0.4, -0.2) is 38.6 Å². The topological polar surface area (TPSA) is 50.9 Å². The van der Waals surface area contributed by atoms with Crippen molar-refractivity contribution in [2.45, 2.75) is 0 Å². The Morgan fingerprint density at radius 1 is 1.09 bits per heavy atom. The number of nitrogens with zero attached hydrogens (tertiary/aromatic N) is 1. The van der Waals surface area contributed by atoms with Crippen LogP contribution in [0.5, 0.6) is 0 Å². The lowest BCUT2D eigenvalue weighted by molar-refractivity contribution is -0.892. The number of benzene rings is 1. The van der Waals surface area contributed by atoms with E-state index < -0.39 is 0 Å². The number of piperazine rings is 1. The number of anilines is 2. The maximum absolute atomic E-state index is 12.1. The van der Waals surface area contributed by atoms with Gasteiger partial charge in [0.1, 0.15) is 26.2 Å². The predicted octanol–water partition coefficient (Wildman–Crippen LogP) is -0.156. The van der Waals surface area contributed by atoms with E-state index in [0.717, 1.165) is 37.7 Å². The summed E-state index contributed by atoms with van der Waals surface area (Å²) in [5.41, 5.74) is 0.865. The van der Waals surface area contributed by atoms with Gasteiger partial charge in [-0.05, 0) is 18.2 Å². The molecule has 1 fully saturated rings. The SMILES string of the molecule is O=C(C[NH+]1CCN(c2cccc[nH+]2)CC1)Nc1ccccc1. The first kappa shape index (κ1) is 14.5. The van der Waals surface area contributed by atoms with Gasteiger partial charge in [-0.25, -0.2) is 4.98 Å². The third-order valence-corrected chi connectivity index (χ3v) is 3.97. The Bertz CT molecular complexity index is 595. The summed E-state index contributed by atoms with van der Waals surface area (Å²) in [7, 11) is 0. The first-order valence-corrected chi connectivity index (χ1v) is 7.71. The van der Waals surface area contributed by atoms with Gasteiger partial charge in [-0.1, -0.05) is 24.3 Å². The molecule has 1 aliphatic heterocycles. The molecule has 0 atom stereocenters. The van der Waals surface area contributed by atoms with Crippen LogP contribution in [0.1, 0.15) is 0 Å². The van der Waals surface area contributed by atoms with Crippen LogP contribution < -0.4 is 20.1 Å². The highest BCUT2D eigenvalue weighted by atomic mass is 16.2. The average molecular weight is 298 g/mol. The van der Waals surface area contributed by atoms with E-state index in [9.17, 15) is 4.79 Å². The standard InChI is InChI=1S/C17H20N4O/c22-17(19-15-6-2-1-3-7-15)14-20-10-12-21(13-11-20)16-8-4-5-9-18-16/h1-9H,10-14H2,(H,19,22)/p+2. The van der Waals surface area contributed by atoms with Crippen molar-refractivity contribution in [1.82, 2.24) is 0 Å². The van der Waals surface area contributed by atoms with E-state index in [1.165, 1.54) is 4.90 Å². The van der Waals surface area contributed by atoms with Crippen molar-refractivity contribution in [2.24, 2.45) is 0 Å². The van der Waals surface area contributed by atoms with Gasteiger partial charge in [0.25, 0.3) is 11.7 Å². The maximum Gasteiger partial charge on any atom is 0.279 e. The molecule has 1 aromatic carbocycles. The lowest BCUT2D eigenvalue weighted by atomic mass is 10.3. The van der Waals surface area contributed by atoms with Crippen LogP contribution in [0.25, 0.3) is 0 Å². The minimum atomic E-state index is 0.0842. The highest BCUT2D eigenvalue weighted by Crippen LogP contribution is 2.05. The summed E-state index contributed by atoms with van der Waals surface area (Å²) < 4.78 is 0. The molecule has 3 N–H and O–H groups in total. The molecule has 0 aliphatic carbocycles. The van der Waals surface area contributed by atoms with Gasteiger partial charge in [0, 0.05) is 11.8 Å². The van der Waals surface area contributed by atoms with Gasteiger partial charge in [-0.15, -0.1) is 0 Å². The van der Waals surface area contributed by atoms with Gasteiger partial charge in [0.15, 0.2) is 6.54 Å². The second-order valence-electron chi connectivity index (χ2n) is 5.58. The van der Waals surface area contributed by atoms with Crippen LogP contribution in [0.2, 0.25) is 0 Å². The van der Waals surface area contributed by atoms with Crippen molar-refractivity contribution in [3.05, 3.63) is 54.7 Å². The van der Waals surface area contributed by atoms with E-state index in [2.05, 4.69) is 21.3 Å². The number of nitrogens with one attached hydrogen (secondary N) is 3. The zero-order valence-corrected chi connectivity index (χ0v) is 12.6. The first-order valence-electron chi connectivity index (χ1n) is 7.71. The van der Waals surface area contributed by atoms with Gasteiger partial charge < -0.3 is 10.2 Å². The molecule has 0 radical (unpaired) electrons. The number of carbonyl (C=O) groups excluding carboxylic acids is 1. The molecular formula is C17H22N4O+2. The molecule has 1 aromatic heterocycles. The summed E-state index contributed by atoms with van der Waals surface area (Å²) in [5, 5.41) is 2.95. The molecule has 114 valence electrons. The van der Waals surface area contributed by atoms with Gasteiger partial charge in [0.05, 0.1) is 6.20 Å². The molecule has 0 bridgehead atoms. The number of aromatic amines is 1. The van der Waals surface area contributed by atoms with Gasteiger partial charge in [0.2, 0.25) is 0 Å². The Balaban J connectivity index is 1.47. The maximum atomic E-state index is 12.1. The number of pyridine rings is 1. The van der Waals surface area contributed by atoms with E-state index in [-0.39, 0.29) is 5.91 Å². The number of para-hydroxylation sites is 1. The number of amides is 1. The van der Waals surface area contributed by atoms with Crippen molar-refractivity contribution < 1.29 is 14.7 Å². The fraction of sp³-hybridized carbons (Fsp3) is 0.294. The van der Waals surface area contributed by atoms with Crippen LogP contribution in [0.4, 0.5) is 11.5 Å². The third kappa shape index (κ3) is 3.83. The van der Waals surface area contributed by atoms with Gasteiger partial charge in [-0.2, -0.15) is 0 Å². The fourth-order valence-electron chi connectivity index (χ4n) is 2.77. The Morgan fingerprint density at radius 3 is 2.50 bits per heavy atom. The molecule has 1 saturated heterocycles. The lowest BCUT2D eigenvalue weighted by Crippen LogP contribution is -3.15. The highest BCUT2D eigenvalue weighted by molar-refractivity contribution is 5.91. The van der Waals surface area contributed by atoms with Crippen molar-refractivity contribution in [2.75, 3.05) is 42.9 Å². The Labute approximate surface area is 130 Å². The van der Waals surface area contributed by atoms with Crippen LogP contribution in [-0.2, 0) is 4.79 Å². The number of aromatic nitrogens is 1. The van der Waals surface area contributed by atoms with E-state index in [0.29, 0.717) is 6.54 Å². The van der Waals surface area contributed by atoms with Crippen molar-refractivity contribution in [3.8, 4) is 0 Å². The summed E-state index contributed by atoms with van der Waals surface area (Å²) in [6.45, 7) is 4.42. The number of carbonyl (C=O) groups is 1. The van der Waals surface area contributed by atoms with Gasteiger partial charge in [-0.3, -0.25) is 9.69 Å². The molecule has 3 rings (SSSR count). The van der Waals surface area contributed by atoms with E-state index in [4.69, 9.17) is 0 Å². The molecule has 5 nitrogen and oxygen atoms in total. The molecule has 0 spiro atoms. The molecular weight excluding hydrogens is 276 g/mol. The van der Waals surface area contributed by atoms with Crippen LogP contribution in [0.15, 0.2) is 54.7 Å². The highest BCUT2D eigenvalue weighted by Gasteiger charge is 2.27. The number of hydrogen-bond acceptors (Lipinski definition) is 2. The van der Waals surface area contributed by atoms with Gasteiger partial charge >= 0.3 is 0 Å². The van der Waals surface area contributed by atoms with Crippen LogP contribution >= 0.6 is 0 Å². The smallest absolute Gasteiger partial charge is 0.279 e. The predicted molar refractivity (Wildman–Crippen MR) is 85.8 cm³/mol. The largest absolute Gasteiger partial charge is 0.321 e. The molecule has 2 aromatic rings. The second kappa shape index (κ2) is 7.04. The Kier molecular flexibility index (Phi) is 4.65. The molecule has 0 saturated carbocycles. The number of hydrogen-bond donors (Lipinski definition) is 2. The Hall–Kier alpha value is -2.40. The summed E-state index contributed by atoms with van der Waals surface area (Å²) >= 11 is 0. The van der Waals surface area contributed by atoms with E-state index in [1.54, 1.807) is 0 Å². The van der Waals surface area contributed by atoms with Crippen LogP contribution in [0.3, 0.4) is 0 Å². The third-order valence-electron chi connectivity index (χ3n) is 3.97. The molecule has 1 aliphatic rings. The fourth-order valence-corrected chi connectivity index (χ4v) is 2.77. The second-order valence-corrected chi connectivity index (χ2v) is 5.58. The number of rotatable bonds is 4. The number of H-pyrrole nitrogens is 1. The molecule has 5 heteroatoms. The quantitative estimate of drug-likeness (QED) is 0.824. The molecule has 22 heavy (non-hydrogen) atoms. The summed E-state index contributed by atoms with van der Waals surface area (Å²) in [4.78, 5) is 19.0. The minimum absolute atomic E-state index is 0.0842. The lowest BCUT2D eigenvalue weighted by Gasteiger charge is -2.27. The number of quaternary nitrogens is 1. The monoisotopic (exact) mass is 298 g/mol. The molecule has 0 unspecified atom stereocenters. The van der Waals surface area contributed by atoms with Crippen molar-refractivity contribution in [1.29, 1.82) is 0 Å². The summed E-state index contributed by atoms with van der Waals surface area (Å²) in [6.07, 6.45) is 1.95. The Morgan fingerprint density at radius 2 is 1.82 bits per heavy atom. The van der Waals surface area contributed by atoms with E-state index in [1.807, 2.05) is 48.7 Å². The molecule has 2 heterocycles. The summed E-state index contributed by atoms with van der Waals surface area (Å²) in [5.74, 6) is 1.23. The zero-order valence-electron chi connectivity index (χ0n) is 12.6. The van der Waals surface area contributed by atoms with Crippen molar-refractivity contribution in [3.63, 3.8) is 0 Å². The van der Waals surface area contributed by atoms with Crippen LogP contribution in [0, 0.1) is 0 Å². The van der Waals surface area contributed by atoms with Crippen molar-refractivity contribution >= 4 is 17.4 Å². The zero-order chi connectivity index (χ0) is 15.2. The van der Waals surface area contributed by atoms with E-state index >= 15 is 0 Å². The molecule has 1 amide bonds. The summed E-state index contributed by atoms with van der Waals surface area (Å²) in [6, 6.07) is 15.7. The minimum Gasteiger partial charge on any atom is -0.321 e. The first-order chi connectivity index (χ1) is 10.8.